The van der Waals surface area contributed by atoms with E-state index in [-0.39, 0.29) is 12.0 Å². The molecule has 7 nitrogen and oxygen atoms in total. The molecule has 0 spiro atoms. The maximum Gasteiger partial charge on any atom is 0.337 e. The highest BCUT2D eigenvalue weighted by Gasteiger charge is 2.31. The maximum atomic E-state index is 11.8. The Labute approximate surface area is 216 Å². The zero-order valence-corrected chi connectivity index (χ0v) is 21.7. The minimum absolute atomic E-state index is 0.169. The van der Waals surface area contributed by atoms with Gasteiger partial charge in [0.15, 0.2) is 16.6 Å². The summed E-state index contributed by atoms with van der Waals surface area (Å²) in [6.07, 6.45) is 0.801. The Bertz CT molecular complexity index is 1250. The Hall–Kier alpha value is -3.78. The molecule has 0 saturated heterocycles. The molecule has 3 aromatic carbocycles. The third-order valence-corrected chi connectivity index (χ3v) is 6.67. The van der Waals surface area contributed by atoms with Crippen LogP contribution in [-0.4, -0.2) is 50.5 Å². The summed E-state index contributed by atoms with van der Waals surface area (Å²) < 4.78 is 22.1. The molecule has 0 fully saturated rings. The van der Waals surface area contributed by atoms with Gasteiger partial charge in [-0.15, -0.1) is 0 Å². The van der Waals surface area contributed by atoms with Crippen molar-refractivity contribution < 1.29 is 23.7 Å². The van der Waals surface area contributed by atoms with E-state index in [1.54, 1.807) is 38.5 Å². The SMILES string of the molecule is COC(=O)c1ccc(OCC2c3cc(OC)c(OC)cc3CCN2C(=S)Nc2ccccc2C)cc1. The number of nitrogens with zero attached hydrogens (tertiary/aromatic N) is 1. The molecule has 1 unspecified atom stereocenters. The summed E-state index contributed by atoms with van der Waals surface area (Å²) >= 11 is 5.87. The van der Waals surface area contributed by atoms with Gasteiger partial charge in [0.05, 0.1) is 32.9 Å². The van der Waals surface area contributed by atoms with Crippen molar-refractivity contribution in [3.63, 3.8) is 0 Å². The normalized spacial score (nSPS) is 14.4. The molecule has 1 aliphatic heterocycles. The van der Waals surface area contributed by atoms with Gasteiger partial charge >= 0.3 is 5.97 Å². The van der Waals surface area contributed by atoms with E-state index >= 15 is 0 Å². The van der Waals surface area contributed by atoms with E-state index in [0.717, 1.165) is 35.3 Å². The molecule has 36 heavy (non-hydrogen) atoms. The van der Waals surface area contributed by atoms with Crippen LogP contribution in [0.25, 0.3) is 0 Å². The average molecular weight is 507 g/mol. The van der Waals surface area contributed by atoms with E-state index in [2.05, 4.69) is 10.2 Å². The van der Waals surface area contributed by atoms with Crippen LogP contribution in [0.5, 0.6) is 17.2 Å². The molecule has 1 atom stereocenters. The zero-order chi connectivity index (χ0) is 25.7. The standard InChI is InChI=1S/C28H30N2O5S/c1-18-7-5-6-8-23(18)29-28(36)30-14-13-20-15-25(32-2)26(33-3)16-22(20)24(30)17-35-21-11-9-19(10-12-21)27(31)34-4/h5-12,15-16,24H,13-14,17H2,1-4H3,(H,29,36). The van der Waals surface area contributed by atoms with Crippen molar-refractivity contribution in [1.29, 1.82) is 0 Å². The number of esters is 1. The lowest BCUT2D eigenvalue weighted by molar-refractivity contribution is 0.0600. The van der Waals surface area contributed by atoms with Gasteiger partial charge in [-0.3, -0.25) is 0 Å². The van der Waals surface area contributed by atoms with Crippen molar-refractivity contribution in [3.8, 4) is 17.2 Å². The highest BCUT2D eigenvalue weighted by atomic mass is 32.1. The summed E-state index contributed by atoms with van der Waals surface area (Å²) in [6.45, 7) is 3.11. The van der Waals surface area contributed by atoms with E-state index < -0.39 is 0 Å². The molecule has 0 aliphatic carbocycles. The van der Waals surface area contributed by atoms with Gasteiger partial charge in [0.25, 0.3) is 0 Å². The second-order valence-corrected chi connectivity index (χ2v) is 8.82. The number of fused-ring (bicyclic) bond motifs is 1. The first kappa shape index (κ1) is 25.3. The number of para-hydroxylation sites is 1. The number of thiocarbonyl (C=S) groups is 1. The third-order valence-electron chi connectivity index (χ3n) is 6.33. The monoisotopic (exact) mass is 506 g/mol. The molecule has 3 aromatic rings. The first-order chi connectivity index (χ1) is 17.4. The fraction of sp³-hybridized carbons (Fsp3) is 0.286. The first-order valence-corrected chi connectivity index (χ1v) is 12.0. The molecule has 0 bridgehead atoms. The fourth-order valence-corrected chi connectivity index (χ4v) is 4.66. The van der Waals surface area contributed by atoms with Crippen LogP contribution in [0.2, 0.25) is 0 Å². The van der Waals surface area contributed by atoms with Crippen molar-refractivity contribution >= 4 is 29.0 Å². The molecule has 4 rings (SSSR count). The molecule has 0 amide bonds. The molecule has 1 heterocycles. The van der Waals surface area contributed by atoms with Gasteiger partial charge in [-0.1, -0.05) is 18.2 Å². The van der Waals surface area contributed by atoms with E-state index in [1.807, 2.05) is 43.3 Å². The quantitative estimate of drug-likeness (QED) is 0.348. The van der Waals surface area contributed by atoms with E-state index in [1.165, 1.54) is 7.11 Å². The Kier molecular flexibility index (Phi) is 7.95. The van der Waals surface area contributed by atoms with Gasteiger partial charge in [0.1, 0.15) is 12.4 Å². The molecule has 0 saturated carbocycles. The third kappa shape index (κ3) is 5.39. The molecule has 188 valence electrons. The number of hydrogen-bond acceptors (Lipinski definition) is 6. The van der Waals surface area contributed by atoms with Crippen LogP contribution in [0, 0.1) is 6.92 Å². The van der Waals surface area contributed by atoms with Gasteiger partial charge in [-0.05, 0) is 84.7 Å². The van der Waals surface area contributed by atoms with Crippen molar-refractivity contribution in [2.45, 2.75) is 19.4 Å². The van der Waals surface area contributed by atoms with E-state index in [9.17, 15) is 4.79 Å². The fourth-order valence-electron chi connectivity index (χ4n) is 4.33. The number of nitrogens with one attached hydrogen (secondary N) is 1. The zero-order valence-electron chi connectivity index (χ0n) is 20.9. The Balaban J connectivity index is 1.62. The summed E-state index contributed by atoms with van der Waals surface area (Å²) in [5.74, 6) is 1.61. The summed E-state index contributed by atoms with van der Waals surface area (Å²) in [7, 11) is 4.63. The lowest BCUT2D eigenvalue weighted by Gasteiger charge is -2.39. The van der Waals surface area contributed by atoms with Gasteiger partial charge in [0, 0.05) is 12.2 Å². The topological polar surface area (TPSA) is 69.3 Å². The summed E-state index contributed by atoms with van der Waals surface area (Å²) in [5.41, 5.74) is 4.78. The second-order valence-electron chi connectivity index (χ2n) is 8.44. The largest absolute Gasteiger partial charge is 0.493 e. The van der Waals surface area contributed by atoms with Crippen LogP contribution in [0.3, 0.4) is 0 Å². The molecular weight excluding hydrogens is 476 g/mol. The average Bonchev–Trinajstić information content (AvgIpc) is 2.91. The molecule has 0 radical (unpaired) electrons. The number of carbonyl (C=O) groups is 1. The van der Waals surface area contributed by atoms with Crippen molar-refractivity contribution in [1.82, 2.24) is 4.90 Å². The van der Waals surface area contributed by atoms with Crippen LogP contribution in [-0.2, 0) is 11.2 Å². The number of ether oxygens (including phenoxy) is 4. The lowest BCUT2D eigenvalue weighted by atomic mass is 9.92. The predicted octanol–water partition coefficient (Wildman–Crippen LogP) is 5.17. The van der Waals surface area contributed by atoms with E-state index in [0.29, 0.717) is 34.5 Å². The van der Waals surface area contributed by atoms with Gasteiger partial charge < -0.3 is 29.2 Å². The second kappa shape index (κ2) is 11.3. The van der Waals surface area contributed by atoms with Gasteiger partial charge in [-0.25, -0.2) is 4.79 Å². The summed E-state index contributed by atoms with van der Waals surface area (Å²) in [5, 5.41) is 4.04. The minimum atomic E-state index is -0.386. The van der Waals surface area contributed by atoms with Crippen LogP contribution in [0.1, 0.15) is 33.1 Å². The number of methoxy groups -OCH3 is 3. The predicted molar refractivity (Wildman–Crippen MR) is 143 cm³/mol. The van der Waals surface area contributed by atoms with Crippen LogP contribution in [0.15, 0.2) is 60.7 Å². The van der Waals surface area contributed by atoms with E-state index in [4.69, 9.17) is 31.2 Å². The Morgan fingerprint density at radius 3 is 2.39 bits per heavy atom. The molecule has 0 aromatic heterocycles. The van der Waals surface area contributed by atoms with Crippen LogP contribution >= 0.6 is 12.2 Å². The molecular formula is C28H30N2O5S. The van der Waals surface area contributed by atoms with Crippen molar-refractivity contribution in [3.05, 3.63) is 82.9 Å². The highest BCUT2D eigenvalue weighted by molar-refractivity contribution is 7.80. The van der Waals surface area contributed by atoms with Crippen molar-refractivity contribution in [2.24, 2.45) is 0 Å². The lowest BCUT2D eigenvalue weighted by Crippen LogP contribution is -2.44. The number of rotatable bonds is 7. The number of aryl methyl sites for hydroxylation is 1. The number of hydrogen-bond donors (Lipinski definition) is 1. The van der Waals surface area contributed by atoms with Crippen LogP contribution in [0.4, 0.5) is 5.69 Å². The number of carbonyl (C=O) groups excluding carboxylic acids is 1. The molecule has 1 aliphatic rings. The number of anilines is 1. The molecule has 8 heteroatoms. The van der Waals surface area contributed by atoms with Crippen LogP contribution < -0.4 is 19.5 Å². The smallest absolute Gasteiger partial charge is 0.337 e. The maximum absolute atomic E-state index is 11.8. The van der Waals surface area contributed by atoms with Gasteiger partial charge in [0.2, 0.25) is 0 Å². The van der Waals surface area contributed by atoms with Crippen molar-refractivity contribution in [2.75, 3.05) is 39.8 Å². The molecule has 1 N–H and O–H groups in total. The summed E-state index contributed by atoms with van der Waals surface area (Å²) in [6, 6.07) is 18.8. The number of benzene rings is 3. The summed E-state index contributed by atoms with van der Waals surface area (Å²) in [4.78, 5) is 13.9. The Morgan fingerprint density at radius 1 is 1.03 bits per heavy atom. The highest BCUT2D eigenvalue weighted by Crippen LogP contribution is 2.38. The minimum Gasteiger partial charge on any atom is -0.493 e. The van der Waals surface area contributed by atoms with Gasteiger partial charge in [-0.2, -0.15) is 0 Å². The Morgan fingerprint density at radius 2 is 1.72 bits per heavy atom. The first-order valence-electron chi connectivity index (χ1n) is 11.6.